The maximum Gasteiger partial charge on any atom is 0.173 e. The van der Waals surface area contributed by atoms with E-state index >= 15 is 0 Å². The molecule has 96 valence electrons. The van der Waals surface area contributed by atoms with E-state index in [9.17, 15) is 15.3 Å². The van der Waals surface area contributed by atoms with Gasteiger partial charge in [-0.2, -0.15) is 0 Å². The quantitative estimate of drug-likeness (QED) is 0.733. The molecule has 0 saturated carbocycles. The van der Waals surface area contributed by atoms with Gasteiger partial charge in [-0.3, -0.25) is 0 Å². The Labute approximate surface area is 109 Å². The fourth-order valence-corrected chi connectivity index (χ4v) is 2.34. The highest BCUT2D eigenvalue weighted by Gasteiger charge is 2.32. The van der Waals surface area contributed by atoms with Gasteiger partial charge in [-0.25, -0.2) is 0 Å². The summed E-state index contributed by atoms with van der Waals surface area (Å²) < 4.78 is 5.47. The van der Waals surface area contributed by atoms with Gasteiger partial charge >= 0.3 is 0 Å². The van der Waals surface area contributed by atoms with E-state index in [1.54, 1.807) is 30.3 Å². The number of hydrogen-bond acceptors (Lipinski definition) is 4. The number of fused-ring (bicyclic) bond motifs is 1. The highest BCUT2D eigenvalue weighted by molar-refractivity contribution is 5.60. The van der Waals surface area contributed by atoms with Crippen LogP contribution in [-0.2, 0) is 0 Å². The smallest absolute Gasteiger partial charge is 0.173 e. The third-order valence-electron chi connectivity index (χ3n) is 3.18. The van der Waals surface area contributed by atoms with Gasteiger partial charge in [0.1, 0.15) is 17.3 Å². The Balaban J connectivity index is 2.15. The predicted octanol–water partition coefficient (Wildman–Crippen LogP) is 2.84. The van der Waals surface area contributed by atoms with Crippen LogP contribution in [-0.4, -0.2) is 15.3 Å². The van der Waals surface area contributed by atoms with Crippen LogP contribution in [0, 0.1) is 0 Å². The molecule has 0 spiro atoms. The Morgan fingerprint density at radius 2 is 1.63 bits per heavy atom. The Bertz CT molecular complexity index is 659. The molecule has 1 heterocycles. The number of hydrogen-bond donors (Lipinski definition) is 3. The maximum absolute atomic E-state index is 9.77. The first-order chi connectivity index (χ1) is 9.06. The molecule has 0 aromatic heterocycles. The Morgan fingerprint density at radius 1 is 0.947 bits per heavy atom. The lowest BCUT2D eigenvalue weighted by Crippen LogP contribution is -1.99. The SMILES string of the molecule is C=C1Oc2c(O)cc(O)cc2C1c1ccc(O)cc1. The van der Waals surface area contributed by atoms with Crippen molar-refractivity contribution < 1.29 is 20.1 Å². The van der Waals surface area contributed by atoms with Crippen molar-refractivity contribution in [3.63, 3.8) is 0 Å². The number of ether oxygens (including phenoxy) is 1. The zero-order valence-corrected chi connectivity index (χ0v) is 10.00. The number of rotatable bonds is 1. The summed E-state index contributed by atoms with van der Waals surface area (Å²) in [5.74, 6) is 0.555. The minimum atomic E-state index is -0.270. The van der Waals surface area contributed by atoms with Gasteiger partial charge in [0, 0.05) is 11.6 Å². The van der Waals surface area contributed by atoms with E-state index in [1.807, 2.05) is 0 Å². The second kappa shape index (κ2) is 3.95. The van der Waals surface area contributed by atoms with Gasteiger partial charge in [0.15, 0.2) is 11.5 Å². The number of allylic oxidation sites excluding steroid dienone is 1. The molecule has 0 fully saturated rings. The molecule has 0 amide bonds. The van der Waals surface area contributed by atoms with E-state index < -0.39 is 0 Å². The van der Waals surface area contributed by atoms with Crippen molar-refractivity contribution in [3.8, 4) is 23.0 Å². The summed E-state index contributed by atoms with van der Waals surface area (Å²) in [4.78, 5) is 0. The van der Waals surface area contributed by atoms with Crippen LogP contribution in [0.25, 0.3) is 0 Å². The van der Waals surface area contributed by atoms with Gasteiger partial charge in [0.2, 0.25) is 0 Å². The number of phenols is 3. The van der Waals surface area contributed by atoms with E-state index in [0.717, 1.165) is 5.56 Å². The average molecular weight is 256 g/mol. The summed E-state index contributed by atoms with van der Waals surface area (Å²) in [5.41, 5.74) is 1.53. The van der Waals surface area contributed by atoms with Crippen LogP contribution in [0.2, 0.25) is 0 Å². The Morgan fingerprint density at radius 3 is 2.32 bits per heavy atom. The second-order valence-electron chi connectivity index (χ2n) is 4.48. The van der Waals surface area contributed by atoms with Crippen molar-refractivity contribution in [1.29, 1.82) is 0 Å². The fraction of sp³-hybridized carbons (Fsp3) is 0.0667. The first-order valence-electron chi connectivity index (χ1n) is 5.77. The van der Waals surface area contributed by atoms with Crippen molar-refractivity contribution in [2.45, 2.75) is 5.92 Å². The van der Waals surface area contributed by atoms with Gasteiger partial charge in [-0.1, -0.05) is 18.7 Å². The summed E-state index contributed by atoms with van der Waals surface area (Å²) in [5, 5.41) is 28.7. The third kappa shape index (κ3) is 1.78. The van der Waals surface area contributed by atoms with E-state index in [0.29, 0.717) is 17.1 Å². The molecule has 2 aromatic rings. The van der Waals surface area contributed by atoms with Crippen molar-refractivity contribution in [2.75, 3.05) is 0 Å². The molecular weight excluding hydrogens is 244 g/mol. The molecule has 1 aliphatic rings. The van der Waals surface area contributed by atoms with E-state index in [1.165, 1.54) is 6.07 Å². The monoisotopic (exact) mass is 256 g/mol. The molecule has 3 N–H and O–H groups in total. The molecule has 19 heavy (non-hydrogen) atoms. The molecule has 0 saturated heterocycles. The lowest BCUT2D eigenvalue weighted by molar-refractivity contribution is 0.390. The molecule has 1 atom stereocenters. The Kier molecular flexibility index (Phi) is 2.38. The summed E-state index contributed by atoms with van der Waals surface area (Å²) in [6.07, 6.45) is 0. The van der Waals surface area contributed by atoms with E-state index in [4.69, 9.17) is 4.74 Å². The largest absolute Gasteiger partial charge is 0.508 e. The molecule has 4 nitrogen and oxygen atoms in total. The molecule has 3 rings (SSSR count). The average Bonchev–Trinajstić information content (AvgIpc) is 2.67. The lowest BCUT2D eigenvalue weighted by atomic mass is 9.91. The lowest BCUT2D eigenvalue weighted by Gasteiger charge is -2.10. The summed E-state index contributed by atoms with van der Waals surface area (Å²) in [6, 6.07) is 9.43. The normalized spacial score (nSPS) is 17.1. The molecule has 1 aliphatic heterocycles. The van der Waals surface area contributed by atoms with Crippen molar-refractivity contribution in [1.82, 2.24) is 0 Å². The molecule has 1 unspecified atom stereocenters. The molecule has 2 aromatic carbocycles. The molecule has 0 radical (unpaired) electrons. The standard InChI is InChI=1S/C15H12O4/c1-8-14(9-2-4-10(16)5-3-9)12-6-11(17)7-13(18)15(12)19-8/h2-7,14,16-18H,1H2. The van der Waals surface area contributed by atoms with Crippen LogP contribution < -0.4 is 4.74 Å². The first-order valence-corrected chi connectivity index (χ1v) is 5.77. The minimum Gasteiger partial charge on any atom is -0.508 e. The van der Waals surface area contributed by atoms with Gasteiger partial charge < -0.3 is 20.1 Å². The predicted molar refractivity (Wildman–Crippen MR) is 69.5 cm³/mol. The van der Waals surface area contributed by atoms with Crippen molar-refractivity contribution in [3.05, 3.63) is 59.9 Å². The zero-order chi connectivity index (χ0) is 13.6. The van der Waals surface area contributed by atoms with Gasteiger partial charge in [0.25, 0.3) is 0 Å². The van der Waals surface area contributed by atoms with Gasteiger partial charge in [-0.05, 0) is 23.8 Å². The number of phenolic OH excluding ortho intramolecular Hbond substituents is 3. The molecule has 0 aliphatic carbocycles. The Hall–Kier alpha value is -2.62. The topological polar surface area (TPSA) is 69.9 Å². The molecule has 4 heteroatoms. The molecule has 0 bridgehead atoms. The van der Waals surface area contributed by atoms with Crippen LogP contribution in [0.4, 0.5) is 0 Å². The van der Waals surface area contributed by atoms with Crippen molar-refractivity contribution in [2.24, 2.45) is 0 Å². The highest BCUT2D eigenvalue weighted by atomic mass is 16.5. The maximum atomic E-state index is 9.77. The summed E-state index contributed by atoms with van der Waals surface area (Å²) in [7, 11) is 0. The first kappa shape index (κ1) is 11.5. The summed E-state index contributed by atoms with van der Waals surface area (Å²) in [6.45, 7) is 3.84. The van der Waals surface area contributed by atoms with Crippen LogP contribution in [0.15, 0.2) is 48.7 Å². The van der Waals surface area contributed by atoms with E-state index in [-0.39, 0.29) is 23.2 Å². The van der Waals surface area contributed by atoms with Crippen molar-refractivity contribution >= 4 is 0 Å². The fourth-order valence-electron chi connectivity index (χ4n) is 2.34. The molecular formula is C15H12O4. The van der Waals surface area contributed by atoms with Crippen LogP contribution >= 0.6 is 0 Å². The van der Waals surface area contributed by atoms with Gasteiger partial charge in [-0.15, -0.1) is 0 Å². The second-order valence-corrected chi connectivity index (χ2v) is 4.48. The minimum absolute atomic E-state index is 0.0293. The zero-order valence-electron chi connectivity index (χ0n) is 10.00. The number of benzene rings is 2. The van der Waals surface area contributed by atoms with Crippen LogP contribution in [0.3, 0.4) is 0 Å². The van der Waals surface area contributed by atoms with Crippen LogP contribution in [0.1, 0.15) is 17.0 Å². The highest BCUT2D eigenvalue weighted by Crippen LogP contribution is 2.49. The summed E-state index contributed by atoms with van der Waals surface area (Å²) >= 11 is 0. The van der Waals surface area contributed by atoms with Gasteiger partial charge in [0.05, 0.1) is 5.92 Å². The van der Waals surface area contributed by atoms with Crippen LogP contribution in [0.5, 0.6) is 23.0 Å². The number of aromatic hydroxyl groups is 3. The van der Waals surface area contributed by atoms with E-state index in [2.05, 4.69) is 6.58 Å². The third-order valence-corrected chi connectivity index (χ3v) is 3.18.